The molecule has 10 heteroatoms. The summed E-state index contributed by atoms with van der Waals surface area (Å²) >= 11 is 0. The van der Waals surface area contributed by atoms with Gasteiger partial charge in [-0.3, -0.25) is 14.2 Å². The van der Waals surface area contributed by atoms with Gasteiger partial charge in [0, 0.05) is 13.5 Å². The van der Waals surface area contributed by atoms with Crippen LogP contribution in [0.5, 0.6) is 5.75 Å². The van der Waals surface area contributed by atoms with Crippen LogP contribution in [0.4, 0.5) is 5.82 Å². The third kappa shape index (κ3) is 5.27. The van der Waals surface area contributed by atoms with Gasteiger partial charge in [-0.2, -0.15) is 0 Å². The summed E-state index contributed by atoms with van der Waals surface area (Å²) in [5, 5.41) is 22.7. The van der Waals surface area contributed by atoms with Gasteiger partial charge in [0.15, 0.2) is 0 Å². The molecule has 27 heavy (non-hydrogen) atoms. The zero-order valence-corrected chi connectivity index (χ0v) is 14.9. The molecule has 10 nitrogen and oxygen atoms in total. The fourth-order valence-electron chi connectivity index (χ4n) is 2.57. The normalized spacial score (nSPS) is 11.6. The lowest BCUT2D eigenvalue weighted by atomic mass is 9.98. The Balaban J connectivity index is 1.98. The number of para-hydroxylation sites is 1. The average molecular weight is 376 g/mol. The number of carbonyl (C=O) groups excluding carboxylic acids is 1. The fourth-order valence-corrected chi connectivity index (χ4v) is 2.57. The second-order valence-electron chi connectivity index (χ2n) is 5.89. The summed E-state index contributed by atoms with van der Waals surface area (Å²) in [7, 11) is 1.50. The zero-order valence-electron chi connectivity index (χ0n) is 14.9. The van der Waals surface area contributed by atoms with Crippen LogP contribution in [0, 0.1) is 23.0 Å². The molecule has 1 amide bonds. The first-order chi connectivity index (χ1) is 12.8. The molecule has 144 valence electrons. The predicted octanol–water partition coefficient (Wildman–Crippen LogP) is 1.17. The first kappa shape index (κ1) is 19.9. The number of rotatable bonds is 9. The van der Waals surface area contributed by atoms with Crippen molar-refractivity contribution >= 4 is 17.7 Å². The minimum Gasteiger partial charge on any atom is -0.496 e. The van der Waals surface area contributed by atoms with Crippen LogP contribution in [-0.4, -0.2) is 45.1 Å². The number of aromatic nitrogens is 2. The molecule has 2 aromatic rings. The molecule has 0 bridgehead atoms. The monoisotopic (exact) mass is 376 g/mol. The number of benzene rings is 1. The predicted molar refractivity (Wildman–Crippen MR) is 94.5 cm³/mol. The molecule has 0 aliphatic rings. The molecule has 1 aromatic carbocycles. The fraction of sp³-hybridized carbons (Fsp3) is 0.353. The van der Waals surface area contributed by atoms with Crippen LogP contribution in [0.3, 0.4) is 0 Å². The van der Waals surface area contributed by atoms with Gasteiger partial charge < -0.3 is 25.3 Å². The maximum Gasteiger partial charge on any atom is 0.381 e. The highest BCUT2D eigenvalue weighted by molar-refractivity contribution is 5.77. The number of ether oxygens (including phenoxy) is 1. The van der Waals surface area contributed by atoms with Gasteiger partial charge in [0.2, 0.25) is 11.7 Å². The lowest BCUT2D eigenvalue weighted by molar-refractivity contribution is -0.389. The van der Waals surface area contributed by atoms with E-state index in [0.717, 1.165) is 5.56 Å². The number of aliphatic carboxylic acids is 1. The second kappa shape index (κ2) is 8.79. The Morgan fingerprint density at radius 1 is 1.41 bits per heavy atom. The summed E-state index contributed by atoms with van der Waals surface area (Å²) in [6.45, 7) is 1.28. The molecule has 0 spiro atoms. The second-order valence-corrected chi connectivity index (χ2v) is 5.89. The minimum absolute atomic E-state index is 0.0813. The molecule has 0 saturated heterocycles. The van der Waals surface area contributed by atoms with Gasteiger partial charge in [-0.15, -0.1) is 0 Å². The van der Waals surface area contributed by atoms with Crippen molar-refractivity contribution < 1.29 is 24.4 Å². The Hall–Kier alpha value is -3.43. The number of amides is 1. The standard InChI is InChI=1S/C17H20N4O6/c1-11-19-15(21(25)26)9-20(11)10-16(22)18-8-13(17(23)24)7-12-5-3-4-6-14(12)27-2/h3-6,9,13H,7-8,10H2,1-2H3,(H,18,22)(H,23,24). The van der Waals surface area contributed by atoms with Gasteiger partial charge >= 0.3 is 11.8 Å². The average Bonchev–Trinajstić information content (AvgIpc) is 2.99. The van der Waals surface area contributed by atoms with Crippen molar-refractivity contribution in [2.75, 3.05) is 13.7 Å². The molecule has 1 atom stereocenters. The highest BCUT2D eigenvalue weighted by atomic mass is 16.6. The molecule has 1 unspecified atom stereocenters. The first-order valence-electron chi connectivity index (χ1n) is 8.11. The van der Waals surface area contributed by atoms with Crippen molar-refractivity contribution in [1.82, 2.24) is 14.9 Å². The van der Waals surface area contributed by atoms with E-state index < -0.39 is 22.7 Å². The van der Waals surface area contributed by atoms with Crippen LogP contribution < -0.4 is 10.1 Å². The molecule has 0 saturated carbocycles. The number of hydrogen-bond acceptors (Lipinski definition) is 6. The first-order valence-corrected chi connectivity index (χ1v) is 8.11. The van der Waals surface area contributed by atoms with Crippen molar-refractivity contribution in [3.63, 3.8) is 0 Å². The smallest absolute Gasteiger partial charge is 0.381 e. The molecular weight excluding hydrogens is 356 g/mol. The lowest BCUT2D eigenvalue weighted by Crippen LogP contribution is -2.36. The zero-order chi connectivity index (χ0) is 20.0. The molecule has 0 aliphatic heterocycles. The van der Waals surface area contributed by atoms with Crippen LogP contribution in [-0.2, 0) is 22.6 Å². The van der Waals surface area contributed by atoms with Crippen LogP contribution in [0.25, 0.3) is 0 Å². The van der Waals surface area contributed by atoms with Crippen molar-refractivity contribution in [1.29, 1.82) is 0 Å². The summed E-state index contributed by atoms with van der Waals surface area (Å²) in [5.41, 5.74) is 0.725. The van der Waals surface area contributed by atoms with Crippen molar-refractivity contribution in [2.24, 2.45) is 5.92 Å². The largest absolute Gasteiger partial charge is 0.496 e. The molecule has 2 rings (SSSR count). The van der Waals surface area contributed by atoms with Gasteiger partial charge in [-0.05, 0) is 28.0 Å². The number of carboxylic acids is 1. The van der Waals surface area contributed by atoms with Gasteiger partial charge in [0.1, 0.15) is 18.5 Å². The Morgan fingerprint density at radius 3 is 2.70 bits per heavy atom. The van der Waals surface area contributed by atoms with E-state index in [0.29, 0.717) is 11.6 Å². The van der Waals surface area contributed by atoms with Crippen molar-refractivity contribution in [2.45, 2.75) is 19.9 Å². The maximum absolute atomic E-state index is 12.1. The van der Waals surface area contributed by atoms with Crippen LogP contribution in [0.2, 0.25) is 0 Å². The Labute approximate surface area is 154 Å². The van der Waals surface area contributed by atoms with E-state index in [9.17, 15) is 24.8 Å². The summed E-state index contributed by atoms with van der Waals surface area (Å²) in [6.07, 6.45) is 1.35. The summed E-state index contributed by atoms with van der Waals surface area (Å²) in [6, 6.07) is 7.07. The van der Waals surface area contributed by atoms with E-state index in [2.05, 4.69) is 10.3 Å². The van der Waals surface area contributed by atoms with Gasteiger partial charge in [-0.25, -0.2) is 0 Å². The SMILES string of the molecule is COc1ccccc1CC(CNC(=O)Cn1cc([N+](=O)[O-])nc1C)C(=O)O. The molecule has 1 aromatic heterocycles. The number of carboxylic acid groups (broad SMARTS) is 1. The van der Waals surface area contributed by atoms with E-state index in [1.165, 1.54) is 17.9 Å². The van der Waals surface area contributed by atoms with E-state index >= 15 is 0 Å². The van der Waals surface area contributed by atoms with E-state index in [4.69, 9.17) is 4.74 Å². The molecule has 1 heterocycles. The van der Waals surface area contributed by atoms with Crippen LogP contribution in [0.15, 0.2) is 30.5 Å². The van der Waals surface area contributed by atoms with Crippen molar-refractivity contribution in [3.8, 4) is 5.75 Å². The minimum atomic E-state index is -1.05. The summed E-state index contributed by atoms with van der Waals surface area (Å²) in [5.74, 6) is -1.80. The van der Waals surface area contributed by atoms with Crippen LogP contribution in [0.1, 0.15) is 11.4 Å². The number of methoxy groups -OCH3 is 1. The number of carbonyl (C=O) groups is 2. The molecule has 0 aliphatic carbocycles. The Bertz CT molecular complexity index is 848. The van der Waals surface area contributed by atoms with Gasteiger partial charge in [0.25, 0.3) is 0 Å². The van der Waals surface area contributed by atoms with Gasteiger partial charge in [-0.1, -0.05) is 18.2 Å². The van der Waals surface area contributed by atoms with Gasteiger partial charge in [0.05, 0.1) is 13.0 Å². The third-order valence-corrected chi connectivity index (χ3v) is 4.02. The third-order valence-electron chi connectivity index (χ3n) is 4.02. The maximum atomic E-state index is 12.1. The molecule has 0 fully saturated rings. The quantitative estimate of drug-likeness (QED) is 0.495. The van der Waals surface area contributed by atoms with Crippen LogP contribution >= 0.6 is 0 Å². The highest BCUT2D eigenvalue weighted by Crippen LogP contribution is 2.21. The number of nitrogens with zero attached hydrogens (tertiary/aromatic N) is 3. The highest BCUT2D eigenvalue weighted by Gasteiger charge is 2.22. The molecule has 2 N–H and O–H groups in total. The number of imidazole rings is 1. The van der Waals surface area contributed by atoms with E-state index in [1.54, 1.807) is 31.2 Å². The van der Waals surface area contributed by atoms with E-state index in [-0.39, 0.29) is 25.3 Å². The topological polar surface area (TPSA) is 137 Å². The number of aryl methyl sites for hydroxylation is 1. The van der Waals surface area contributed by atoms with E-state index in [1.807, 2.05) is 0 Å². The number of nitro groups is 1. The lowest BCUT2D eigenvalue weighted by Gasteiger charge is -2.15. The molecular formula is C17H20N4O6. The molecule has 0 radical (unpaired) electrons. The Kier molecular flexibility index (Phi) is 6.47. The van der Waals surface area contributed by atoms with Crippen molar-refractivity contribution in [3.05, 3.63) is 52.0 Å². The number of nitrogens with one attached hydrogen (secondary N) is 1. The Morgan fingerprint density at radius 2 is 2.11 bits per heavy atom. The summed E-state index contributed by atoms with van der Waals surface area (Å²) < 4.78 is 6.56. The number of hydrogen-bond donors (Lipinski definition) is 2. The summed E-state index contributed by atoms with van der Waals surface area (Å²) in [4.78, 5) is 37.4.